The van der Waals surface area contributed by atoms with E-state index in [-0.39, 0.29) is 24.5 Å². The maximum atomic E-state index is 12.3. The van der Waals surface area contributed by atoms with Gasteiger partial charge in [-0.15, -0.1) is 0 Å². The molecule has 0 aromatic heterocycles. The van der Waals surface area contributed by atoms with Gasteiger partial charge in [0, 0.05) is 5.92 Å². The van der Waals surface area contributed by atoms with E-state index in [1.165, 1.54) is 24.8 Å². The number of amides is 1. The third kappa shape index (κ3) is 2.47. The van der Waals surface area contributed by atoms with Gasteiger partial charge in [0.2, 0.25) is 5.91 Å². The summed E-state index contributed by atoms with van der Waals surface area (Å²) in [5, 5.41) is 12.6. The lowest BCUT2D eigenvalue weighted by Gasteiger charge is -2.18. The average molecular weight is 273 g/mol. The number of benzene rings is 1. The summed E-state index contributed by atoms with van der Waals surface area (Å²) < 4.78 is 0. The summed E-state index contributed by atoms with van der Waals surface area (Å²) >= 11 is 0. The van der Waals surface area contributed by atoms with Crippen LogP contribution < -0.4 is 5.32 Å². The smallest absolute Gasteiger partial charge is 0.224 e. The van der Waals surface area contributed by atoms with Crippen LogP contribution in [-0.4, -0.2) is 17.6 Å². The topological polar surface area (TPSA) is 49.3 Å². The maximum Gasteiger partial charge on any atom is 0.224 e. The summed E-state index contributed by atoms with van der Waals surface area (Å²) in [5.74, 6) is 1.60. The predicted molar refractivity (Wildman–Crippen MR) is 78.1 cm³/mol. The van der Waals surface area contributed by atoms with Gasteiger partial charge in [0.1, 0.15) is 0 Å². The molecule has 1 aromatic carbocycles. The molecule has 1 aromatic rings. The number of carbonyl (C=O) groups is 1. The number of aliphatic hydroxyl groups is 1. The van der Waals surface area contributed by atoms with Gasteiger partial charge in [-0.1, -0.05) is 37.6 Å². The molecule has 2 aliphatic carbocycles. The van der Waals surface area contributed by atoms with Gasteiger partial charge in [-0.2, -0.15) is 0 Å². The number of hydrogen-bond donors (Lipinski definition) is 2. The minimum atomic E-state index is -0.269. The largest absolute Gasteiger partial charge is 0.394 e. The molecule has 3 unspecified atom stereocenters. The minimum Gasteiger partial charge on any atom is -0.394 e. The van der Waals surface area contributed by atoms with E-state index in [1.807, 2.05) is 12.1 Å². The summed E-state index contributed by atoms with van der Waals surface area (Å²) in [6.45, 7) is 2.07. The fourth-order valence-electron chi connectivity index (χ4n) is 3.70. The molecule has 0 aliphatic heterocycles. The van der Waals surface area contributed by atoms with Crippen LogP contribution >= 0.6 is 0 Å². The number of nitrogens with one attached hydrogen (secondary N) is 1. The van der Waals surface area contributed by atoms with Gasteiger partial charge in [0.05, 0.1) is 12.6 Å². The van der Waals surface area contributed by atoms with Crippen LogP contribution in [0.2, 0.25) is 0 Å². The lowest BCUT2D eigenvalue weighted by atomic mass is 10.0. The first kappa shape index (κ1) is 13.6. The number of aliphatic hydroxyl groups excluding tert-OH is 1. The van der Waals surface area contributed by atoms with Crippen molar-refractivity contribution in [3.63, 3.8) is 0 Å². The first-order chi connectivity index (χ1) is 9.74. The van der Waals surface area contributed by atoms with E-state index in [2.05, 4.69) is 24.4 Å². The summed E-state index contributed by atoms with van der Waals surface area (Å²) in [5.41, 5.74) is 2.26. The third-order valence-corrected chi connectivity index (χ3v) is 5.00. The number of aryl methyl sites for hydroxylation is 1. The highest BCUT2D eigenvalue weighted by Crippen LogP contribution is 2.57. The Morgan fingerprint density at radius 2 is 1.95 bits per heavy atom. The molecular weight excluding hydrogens is 250 g/mol. The van der Waals surface area contributed by atoms with E-state index in [0.29, 0.717) is 11.8 Å². The molecule has 0 heterocycles. The highest BCUT2D eigenvalue weighted by Gasteiger charge is 2.56. The molecule has 3 nitrogen and oxygen atoms in total. The van der Waals surface area contributed by atoms with Gasteiger partial charge < -0.3 is 10.4 Å². The maximum absolute atomic E-state index is 12.3. The quantitative estimate of drug-likeness (QED) is 0.865. The van der Waals surface area contributed by atoms with E-state index < -0.39 is 0 Å². The predicted octanol–water partition coefficient (Wildman–Crippen LogP) is 2.44. The van der Waals surface area contributed by atoms with Gasteiger partial charge in [-0.05, 0) is 42.2 Å². The van der Waals surface area contributed by atoms with Crippen molar-refractivity contribution >= 4 is 5.91 Å². The van der Waals surface area contributed by atoms with Crippen LogP contribution in [0.4, 0.5) is 0 Å². The van der Waals surface area contributed by atoms with Gasteiger partial charge in [-0.25, -0.2) is 0 Å². The van der Waals surface area contributed by atoms with Crippen LogP contribution in [-0.2, 0) is 11.2 Å². The minimum absolute atomic E-state index is 0.0424. The number of carbonyl (C=O) groups excluding carboxylic acids is 1. The summed E-state index contributed by atoms with van der Waals surface area (Å²) in [6, 6.07) is 7.88. The molecule has 0 spiro atoms. The van der Waals surface area contributed by atoms with Crippen molar-refractivity contribution in [2.24, 2.45) is 17.8 Å². The molecule has 20 heavy (non-hydrogen) atoms. The zero-order valence-corrected chi connectivity index (χ0v) is 12.0. The zero-order valence-electron chi connectivity index (χ0n) is 12.0. The molecule has 3 atom stereocenters. The SMILES string of the molecule is CCc1ccc(C(CO)NC(=O)C2C3CCCC32)cc1. The zero-order chi connectivity index (χ0) is 14.1. The molecule has 1 amide bonds. The van der Waals surface area contributed by atoms with Crippen LogP contribution in [0.1, 0.15) is 43.4 Å². The van der Waals surface area contributed by atoms with Gasteiger partial charge >= 0.3 is 0 Å². The second-order valence-corrected chi connectivity index (χ2v) is 6.12. The standard InChI is InChI=1S/C17H23NO2/c1-2-11-6-8-12(9-7-11)15(10-19)18-17(20)16-13-4-3-5-14(13)16/h6-9,13-16,19H,2-5,10H2,1H3,(H,18,20). The molecule has 2 fully saturated rings. The van der Waals surface area contributed by atoms with Crippen molar-refractivity contribution < 1.29 is 9.90 Å². The van der Waals surface area contributed by atoms with Crippen molar-refractivity contribution in [2.75, 3.05) is 6.61 Å². The summed E-state index contributed by atoms with van der Waals surface area (Å²) in [6.07, 6.45) is 4.69. The Bertz CT molecular complexity index is 472. The van der Waals surface area contributed by atoms with Crippen molar-refractivity contribution in [1.29, 1.82) is 0 Å². The average Bonchev–Trinajstić information content (AvgIpc) is 2.98. The Morgan fingerprint density at radius 1 is 1.30 bits per heavy atom. The second-order valence-electron chi connectivity index (χ2n) is 6.12. The lowest BCUT2D eigenvalue weighted by Crippen LogP contribution is -2.33. The van der Waals surface area contributed by atoms with Crippen molar-refractivity contribution in [2.45, 2.75) is 38.6 Å². The first-order valence-electron chi connectivity index (χ1n) is 7.74. The van der Waals surface area contributed by atoms with E-state index in [1.54, 1.807) is 0 Å². The normalized spacial score (nSPS) is 28.8. The van der Waals surface area contributed by atoms with Gasteiger partial charge in [-0.3, -0.25) is 4.79 Å². The lowest BCUT2D eigenvalue weighted by molar-refractivity contribution is -0.124. The molecule has 2 N–H and O–H groups in total. The molecule has 2 aliphatic rings. The molecule has 3 rings (SSSR count). The summed E-state index contributed by atoms with van der Waals surface area (Å²) in [4.78, 5) is 12.3. The molecule has 0 bridgehead atoms. The Hall–Kier alpha value is -1.35. The van der Waals surface area contributed by atoms with E-state index >= 15 is 0 Å². The Balaban J connectivity index is 1.62. The van der Waals surface area contributed by atoms with Crippen molar-refractivity contribution in [3.05, 3.63) is 35.4 Å². The van der Waals surface area contributed by atoms with Gasteiger partial charge in [0.25, 0.3) is 0 Å². The van der Waals surface area contributed by atoms with Crippen molar-refractivity contribution in [1.82, 2.24) is 5.32 Å². The fraction of sp³-hybridized carbons (Fsp3) is 0.588. The van der Waals surface area contributed by atoms with Crippen molar-refractivity contribution in [3.8, 4) is 0 Å². The fourth-order valence-corrected chi connectivity index (χ4v) is 3.70. The highest BCUT2D eigenvalue weighted by molar-refractivity contribution is 5.82. The molecule has 3 heteroatoms. The number of rotatable bonds is 5. The van der Waals surface area contributed by atoms with Crippen LogP contribution in [0.5, 0.6) is 0 Å². The Labute approximate surface area is 120 Å². The highest BCUT2D eigenvalue weighted by atomic mass is 16.3. The molecule has 0 saturated heterocycles. The number of fused-ring (bicyclic) bond motifs is 1. The molecule has 108 valence electrons. The molecular formula is C17H23NO2. The Kier molecular flexibility index (Phi) is 3.79. The van der Waals surface area contributed by atoms with Crippen LogP contribution in [0.25, 0.3) is 0 Å². The third-order valence-electron chi connectivity index (χ3n) is 5.00. The van der Waals surface area contributed by atoms with E-state index in [0.717, 1.165) is 12.0 Å². The van der Waals surface area contributed by atoms with Crippen LogP contribution in [0.15, 0.2) is 24.3 Å². The second kappa shape index (κ2) is 5.57. The van der Waals surface area contributed by atoms with E-state index in [4.69, 9.17) is 0 Å². The van der Waals surface area contributed by atoms with Gasteiger partial charge in [0.15, 0.2) is 0 Å². The number of hydrogen-bond acceptors (Lipinski definition) is 2. The summed E-state index contributed by atoms with van der Waals surface area (Å²) in [7, 11) is 0. The monoisotopic (exact) mass is 273 g/mol. The first-order valence-corrected chi connectivity index (χ1v) is 7.74. The van der Waals surface area contributed by atoms with E-state index in [9.17, 15) is 9.90 Å². The van der Waals surface area contributed by atoms with Crippen LogP contribution in [0, 0.1) is 17.8 Å². The molecule has 2 saturated carbocycles. The molecule has 0 radical (unpaired) electrons. The van der Waals surface area contributed by atoms with Crippen LogP contribution in [0.3, 0.4) is 0 Å². The Morgan fingerprint density at radius 3 is 2.50 bits per heavy atom.